The van der Waals surface area contributed by atoms with Gasteiger partial charge in [-0.1, -0.05) is 72.8 Å². The number of phenols is 1. The molecule has 236 valence electrons. The predicted molar refractivity (Wildman–Crippen MR) is 175 cm³/mol. The number of rotatable bonds is 8. The fraction of sp³-hybridized carbons (Fsp3) is 0.278. The fourth-order valence-corrected chi connectivity index (χ4v) is 6.40. The molecule has 2 aliphatic heterocycles. The summed E-state index contributed by atoms with van der Waals surface area (Å²) in [5.74, 6) is -0.333. The SMILES string of the molecule is C=C(C)CN1CC(=O)N2[C@@H](Cc3ccc(O)cc3)C(=O)N(Cc3ccc(C)c4cccnc34)C[C@@H]2N1C(=O)NCc1ccccc1. The Morgan fingerprint density at radius 3 is 2.50 bits per heavy atom. The molecule has 2 fully saturated rings. The maximum Gasteiger partial charge on any atom is 0.334 e. The van der Waals surface area contributed by atoms with Crippen molar-refractivity contribution in [1.82, 2.24) is 30.1 Å². The van der Waals surface area contributed by atoms with Gasteiger partial charge >= 0.3 is 6.03 Å². The molecular formula is C36H38N6O4. The number of piperazine rings is 1. The molecule has 0 saturated carbocycles. The van der Waals surface area contributed by atoms with E-state index in [-0.39, 0.29) is 49.7 Å². The number of carbonyl (C=O) groups is 3. The molecule has 6 rings (SSSR count). The molecule has 10 nitrogen and oxygen atoms in total. The minimum Gasteiger partial charge on any atom is -0.508 e. The quantitative estimate of drug-likeness (QED) is 0.284. The number of nitrogens with zero attached hydrogens (tertiary/aromatic N) is 5. The Morgan fingerprint density at radius 1 is 1.00 bits per heavy atom. The van der Waals surface area contributed by atoms with Crippen LogP contribution in [0.15, 0.2) is 97.2 Å². The summed E-state index contributed by atoms with van der Waals surface area (Å²) in [5, 5.41) is 17.2. The second-order valence-corrected chi connectivity index (χ2v) is 12.1. The minimum absolute atomic E-state index is 0.0754. The highest BCUT2D eigenvalue weighted by Gasteiger charge is 2.51. The third kappa shape index (κ3) is 6.29. The monoisotopic (exact) mass is 618 g/mol. The maximum atomic E-state index is 14.4. The Morgan fingerprint density at radius 2 is 1.76 bits per heavy atom. The summed E-state index contributed by atoms with van der Waals surface area (Å²) >= 11 is 0. The summed E-state index contributed by atoms with van der Waals surface area (Å²) in [6.45, 7) is 8.84. The van der Waals surface area contributed by atoms with Crippen molar-refractivity contribution in [2.24, 2.45) is 0 Å². The van der Waals surface area contributed by atoms with Crippen molar-refractivity contribution in [3.8, 4) is 5.75 Å². The molecule has 0 bridgehead atoms. The van der Waals surface area contributed by atoms with Gasteiger partial charge in [0.05, 0.1) is 18.6 Å². The van der Waals surface area contributed by atoms with E-state index in [4.69, 9.17) is 0 Å². The lowest BCUT2D eigenvalue weighted by molar-refractivity contribution is -0.189. The molecule has 0 aliphatic carbocycles. The lowest BCUT2D eigenvalue weighted by Crippen LogP contribution is -2.76. The molecule has 2 aliphatic rings. The van der Waals surface area contributed by atoms with Crippen LogP contribution in [0.2, 0.25) is 0 Å². The van der Waals surface area contributed by atoms with Crippen molar-refractivity contribution in [3.63, 3.8) is 0 Å². The second kappa shape index (κ2) is 13.0. The number of pyridine rings is 1. The molecule has 2 saturated heterocycles. The van der Waals surface area contributed by atoms with E-state index < -0.39 is 12.2 Å². The Hall–Kier alpha value is -5.22. The zero-order valence-electron chi connectivity index (χ0n) is 26.1. The third-order valence-corrected chi connectivity index (χ3v) is 8.57. The van der Waals surface area contributed by atoms with Crippen molar-refractivity contribution in [3.05, 3.63) is 119 Å². The highest BCUT2D eigenvalue weighted by atomic mass is 16.3. The number of amides is 4. The van der Waals surface area contributed by atoms with Gasteiger partial charge in [0.15, 0.2) is 0 Å². The average Bonchev–Trinajstić information content (AvgIpc) is 3.04. The summed E-state index contributed by atoms with van der Waals surface area (Å²) in [6, 6.07) is 23.0. The van der Waals surface area contributed by atoms with E-state index in [9.17, 15) is 19.5 Å². The maximum absolute atomic E-state index is 14.4. The van der Waals surface area contributed by atoms with Gasteiger partial charge in [-0.15, -0.1) is 0 Å². The van der Waals surface area contributed by atoms with Gasteiger partial charge in [-0.3, -0.25) is 14.6 Å². The molecule has 0 spiro atoms. The minimum atomic E-state index is -0.864. The van der Waals surface area contributed by atoms with Gasteiger partial charge in [-0.25, -0.2) is 14.8 Å². The third-order valence-electron chi connectivity index (χ3n) is 8.57. The van der Waals surface area contributed by atoms with Gasteiger partial charge in [0.1, 0.15) is 18.0 Å². The highest BCUT2D eigenvalue weighted by molar-refractivity contribution is 5.92. The van der Waals surface area contributed by atoms with Crippen LogP contribution >= 0.6 is 0 Å². The van der Waals surface area contributed by atoms with Gasteiger partial charge in [-0.2, -0.15) is 0 Å². The number of hydrogen-bond donors (Lipinski definition) is 2. The first-order chi connectivity index (χ1) is 22.2. The van der Waals surface area contributed by atoms with Gasteiger partial charge in [0.2, 0.25) is 11.8 Å². The van der Waals surface area contributed by atoms with Crippen LogP contribution in [0.5, 0.6) is 5.75 Å². The lowest BCUT2D eigenvalue weighted by Gasteiger charge is -2.55. The molecule has 46 heavy (non-hydrogen) atoms. The van der Waals surface area contributed by atoms with E-state index in [2.05, 4.69) is 16.9 Å². The zero-order valence-corrected chi connectivity index (χ0v) is 26.1. The van der Waals surface area contributed by atoms with Crippen LogP contribution in [0.25, 0.3) is 10.9 Å². The highest BCUT2D eigenvalue weighted by Crippen LogP contribution is 2.31. The van der Waals surface area contributed by atoms with E-state index in [1.807, 2.05) is 68.4 Å². The number of hydrazine groups is 1. The van der Waals surface area contributed by atoms with E-state index in [1.165, 1.54) is 0 Å². The Balaban J connectivity index is 1.39. The van der Waals surface area contributed by atoms with Crippen molar-refractivity contribution in [1.29, 1.82) is 0 Å². The number of fused-ring (bicyclic) bond motifs is 2. The predicted octanol–water partition coefficient (Wildman–Crippen LogP) is 4.38. The summed E-state index contributed by atoms with van der Waals surface area (Å²) in [4.78, 5) is 50.3. The van der Waals surface area contributed by atoms with Crippen LogP contribution in [0, 0.1) is 6.92 Å². The summed E-state index contributed by atoms with van der Waals surface area (Å²) < 4.78 is 0. The standard InChI is InChI=1S/C36H38N6O4/c1-24(2)20-40-23-33(44)41-31(18-26-12-15-29(43)16-13-26)35(45)39(21-28-14-11-25(3)30-10-7-17-37-34(28)30)22-32(41)42(40)36(46)38-19-27-8-5-4-6-9-27/h4-17,31-32,43H,1,18-23H2,2-3H3,(H,38,46)/t31-,32-/m0/s1. The van der Waals surface area contributed by atoms with Gasteiger partial charge < -0.3 is 20.2 Å². The van der Waals surface area contributed by atoms with Crippen molar-refractivity contribution < 1.29 is 19.5 Å². The Kier molecular flexibility index (Phi) is 8.72. The topological polar surface area (TPSA) is 109 Å². The van der Waals surface area contributed by atoms with Crippen LogP contribution in [-0.4, -0.2) is 79.6 Å². The molecule has 3 heterocycles. The second-order valence-electron chi connectivity index (χ2n) is 12.1. The largest absolute Gasteiger partial charge is 0.508 e. The van der Waals surface area contributed by atoms with Crippen molar-refractivity contribution in [2.75, 3.05) is 19.6 Å². The van der Waals surface area contributed by atoms with Crippen molar-refractivity contribution in [2.45, 2.75) is 45.6 Å². The van der Waals surface area contributed by atoms with Crippen LogP contribution in [0.1, 0.15) is 29.2 Å². The zero-order chi connectivity index (χ0) is 32.4. The number of hydrogen-bond acceptors (Lipinski definition) is 6. The van der Waals surface area contributed by atoms with Gasteiger partial charge in [0, 0.05) is 37.6 Å². The molecule has 0 radical (unpaired) electrons. The van der Waals surface area contributed by atoms with E-state index in [0.717, 1.165) is 38.7 Å². The number of aromatic nitrogens is 1. The first-order valence-electron chi connectivity index (χ1n) is 15.4. The van der Waals surface area contributed by atoms with Gasteiger partial charge in [-0.05, 0) is 54.3 Å². The smallest absolute Gasteiger partial charge is 0.334 e. The molecular weight excluding hydrogens is 580 g/mol. The number of benzene rings is 3. The normalized spacial score (nSPS) is 18.5. The molecule has 2 atom stereocenters. The number of carbonyl (C=O) groups excluding carboxylic acids is 3. The number of aromatic hydroxyl groups is 1. The molecule has 10 heteroatoms. The summed E-state index contributed by atoms with van der Waals surface area (Å²) in [5.41, 5.74) is 5.31. The Bertz CT molecular complexity index is 1780. The van der Waals surface area contributed by atoms with Gasteiger partial charge in [0.25, 0.3) is 0 Å². The molecule has 2 N–H and O–H groups in total. The lowest BCUT2D eigenvalue weighted by atomic mass is 9.97. The fourth-order valence-electron chi connectivity index (χ4n) is 6.40. The van der Waals surface area contributed by atoms with Crippen LogP contribution in [0.3, 0.4) is 0 Å². The number of urea groups is 1. The van der Waals surface area contributed by atoms with E-state index in [1.54, 1.807) is 50.3 Å². The number of phenolic OH excluding ortho intramolecular Hbond substituents is 1. The molecule has 3 aromatic carbocycles. The molecule has 4 aromatic rings. The average molecular weight is 619 g/mol. The number of aryl methyl sites for hydroxylation is 1. The molecule has 0 unspecified atom stereocenters. The summed E-state index contributed by atoms with van der Waals surface area (Å²) in [7, 11) is 0. The summed E-state index contributed by atoms with van der Waals surface area (Å²) in [6.07, 6.45) is 1.21. The van der Waals surface area contributed by atoms with Crippen LogP contribution in [-0.2, 0) is 29.1 Å². The van der Waals surface area contributed by atoms with E-state index in [0.29, 0.717) is 13.1 Å². The van der Waals surface area contributed by atoms with Crippen LogP contribution in [0.4, 0.5) is 4.79 Å². The molecule has 4 amide bonds. The van der Waals surface area contributed by atoms with E-state index >= 15 is 0 Å². The molecule has 1 aromatic heterocycles. The first kappa shape index (κ1) is 30.8. The number of nitrogens with one attached hydrogen (secondary N) is 1. The first-order valence-corrected chi connectivity index (χ1v) is 15.4. The Labute approximate surface area is 268 Å². The van der Waals surface area contributed by atoms with Crippen molar-refractivity contribution >= 4 is 28.7 Å². The van der Waals surface area contributed by atoms with Crippen LogP contribution < -0.4 is 5.32 Å².